The first kappa shape index (κ1) is 29.4. The number of benzene rings is 1. The van der Waals surface area contributed by atoms with Crippen molar-refractivity contribution in [3.8, 4) is 11.6 Å². The van der Waals surface area contributed by atoms with Crippen LogP contribution in [0.4, 0.5) is 4.79 Å². The minimum atomic E-state index is -1.08. The van der Waals surface area contributed by atoms with Crippen LogP contribution >= 0.6 is 0 Å². The summed E-state index contributed by atoms with van der Waals surface area (Å²) in [6.45, 7) is 5.63. The van der Waals surface area contributed by atoms with Crippen LogP contribution in [-0.2, 0) is 20.7 Å². The molecule has 3 heterocycles. The number of hydrogen-bond donors (Lipinski definition) is 2. The van der Waals surface area contributed by atoms with Crippen LogP contribution in [0.1, 0.15) is 71.4 Å². The molecule has 4 aliphatic rings. The molecule has 11 nitrogen and oxygen atoms in total. The number of carboxylic acids is 1. The van der Waals surface area contributed by atoms with E-state index in [9.17, 15) is 19.5 Å². The Bertz CT molecular complexity index is 1400. The number of aliphatic carboxylic acids is 1. The molecule has 6 atom stereocenters. The van der Waals surface area contributed by atoms with Crippen LogP contribution in [0.5, 0.6) is 11.6 Å². The SMILES string of the molecule is COc1ccc2nc3c(nc2c1)O[C@H]1CN(C(=O)[C@H](C(C)(C)C)NC(=O)O[C@@H]2C[C@H]2CCCCC3)[C@H](C(=O)O)[C@@H]1C1CC1. The van der Waals surface area contributed by atoms with Crippen molar-refractivity contribution in [2.45, 2.75) is 96.4 Å². The number of carboxylic acid groups (broad SMARTS) is 1. The highest BCUT2D eigenvalue weighted by atomic mass is 16.6. The summed E-state index contributed by atoms with van der Waals surface area (Å²) in [5.41, 5.74) is 1.40. The number of hydrogen-bond acceptors (Lipinski definition) is 8. The lowest BCUT2D eigenvalue weighted by Gasteiger charge is -2.35. The summed E-state index contributed by atoms with van der Waals surface area (Å²) in [5.74, 6) is -0.472. The average Bonchev–Trinajstić information content (AvgIpc) is 3.88. The zero-order chi connectivity index (χ0) is 30.5. The van der Waals surface area contributed by atoms with E-state index in [0.29, 0.717) is 29.5 Å². The van der Waals surface area contributed by atoms with Gasteiger partial charge in [0.15, 0.2) is 0 Å². The van der Waals surface area contributed by atoms with Crippen LogP contribution in [0.25, 0.3) is 11.0 Å². The largest absolute Gasteiger partial charge is 0.497 e. The number of carbonyl (C=O) groups excluding carboxylic acids is 2. The molecule has 2 saturated carbocycles. The summed E-state index contributed by atoms with van der Waals surface area (Å²) in [4.78, 5) is 51.1. The van der Waals surface area contributed by atoms with Crippen LogP contribution in [0, 0.1) is 23.2 Å². The van der Waals surface area contributed by atoms with Crippen molar-refractivity contribution in [1.82, 2.24) is 20.2 Å². The summed E-state index contributed by atoms with van der Waals surface area (Å²) < 4.78 is 17.7. The minimum Gasteiger partial charge on any atom is -0.497 e. The zero-order valence-electron chi connectivity index (χ0n) is 25.4. The van der Waals surface area contributed by atoms with E-state index in [0.717, 1.165) is 56.2 Å². The topological polar surface area (TPSA) is 140 Å². The third-order valence-corrected chi connectivity index (χ3v) is 9.36. The van der Waals surface area contributed by atoms with Crippen molar-refractivity contribution in [1.29, 1.82) is 0 Å². The molecule has 2 aliphatic carbocycles. The summed E-state index contributed by atoms with van der Waals surface area (Å²) in [6.07, 6.45) is 5.69. The lowest BCUT2D eigenvalue weighted by Crippen LogP contribution is -2.57. The summed E-state index contributed by atoms with van der Waals surface area (Å²) >= 11 is 0. The molecule has 2 aliphatic heterocycles. The molecule has 1 aromatic heterocycles. The maximum absolute atomic E-state index is 14.2. The Morgan fingerprint density at radius 1 is 1.02 bits per heavy atom. The van der Waals surface area contributed by atoms with Gasteiger partial charge in [0.05, 0.1) is 24.7 Å². The number of amides is 2. The smallest absolute Gasteiger partial charge is 0.408 e. The first-order valence-corrected chi connectivity index (χ1v) is 15.5. The van der Waals surface area contributed by atoms with Gasteiger partial charge in [-0.2, -0.15) is 0 Å². The molecular formula is C32H42N4O7. The molecule has 0 unspecified atom stereocenters. The minimum absolute atomic E-state index is 0.0717. The Kier molecular flexibility index (Phi) is 7.85. The van der Waals surface area contributed by atoms with Crippen LogP contribution in [-0.4, -0.2) is 75.9 Å². The van der Waals surface area contributed by atoms with Crippen molar-refractivity contribution in [3.05, 3.63) is 23.9 Å². The van der Waals surface area contributed by atoms with Crippen molar-refractivity contribution < 1.29 is 33.7 Å². The fourth-order valence-corrected chi connectivity index (χ4v) is 6.75. The van der Waals surface area contributed by atoms with Gasteiger partial charge in [-0.1, -0.05) is 33.6 Å². The van der Waals surface area contributed by atoms with E-state index in [4.69, 9.17) is 24.2 Å². The van der Waals surface area contributed by atoms with Crippen molar-refractivity contribution in [2.75, 3.05) is 13.7 Å². The predicted molar refractivity (Wildman–Crippen MR) is 157 cm³/mol. The molecule has 0 radical (unpaired) electrons. The molecule has 2 N–H and O–H groups in total. The Labute approximate surface area is 251 Å². The van der Waals surface area contributed by atoms with Gasteiger partial charge < -0.3 is 29.5 Å². The molecule has 2 aromatic rings. The zero-order valence-corrected chi connectivity index (χ0v) is 25.4. The van der Waals surface area contributed by atoms with Gasteiger partial charge in [-0.3, -0.25) is 4.79 Å². The second kappa shape index (κ2) is 11.5. The molecule has 1 saturated heterocycles. The molecule has 0 spiro atoms. The maximum Gasteiger partial charge on any atom is 0.408 e. The normalized spacial score (nSPS) is 30.2. The molecule has 2 bridgehead atoms. The highest BCUT2D eigenvalue weighted by molar-refractivity contribution is 5.91. The highest BCUT2D eigenvalue weighted by Crippen LogP contribution is 2.47. The van der Waals surface area contributed by atoms with Gasteiger partial charge in [0, 0.05) is 12.0 Å². The Morgan fingerprint density at radius 3 is 2.51 bits per heavy atom. The second-order valence-corrected chi connectivity index (χ2v) is 13.7. The van der Waals surface area contributed by atoms with Gasteiger partial charge in [0.2, 0.25) is 11.8 Å². The molecule has 2 amide bonds. The summed E-state index contributed by atoms with van der Waals surface area (Å²) in [6, 6.07) is 3.49. The van der Waals surface area contributed by atoms with Gasteiger partial charge in [-0.15, -0.1) is 0 Å². The van der Waals surface area contributed by atoms with E-state index in [1.807, 2.05) is 39.0 Å². The Morgan fingerprint density at radius 2 is 1.81 bits per heavy atom. The van der Waals surface area contributed by atoms with Crippen molar-refractivity contribution in [2.24, 2.45) is 23.2 Å². The fourth-order valence-electron chi connectivity index (χ4n) is 6.75. The van der Waals surface area contributed by atoms with Gasteiger partial charge in [0.25, 0.3) is 0 Å². The molecule has 3 fully saturated rings. The lowest BCUT2D eigenvalue weighted by atomic mass is 9.85. The third-order valence-electron chi connectivity index (χ3n) is 9.36. The number of carbonyl (C=O) groups is 3. The lowest BCUT2D eigenvalue weighted by molar-refractivity contribution is -0.151. The molecular weight excluding hydrogens is 552 g/mol. The number of alkyl carbamates (subject to hydrolysis) is 1. The quantitative estimate of drug-likeness (QED) is 0.531. The van der Waals surface area contributed by atoms with E-state index in [-0.39, 0.29) is 18.6 Å². The van der Waals surface area contributed by atoms with Crippen molar-refractivity contribution >= 4 is 29.0 Å². The number of methoxy groups -OCH3 is 1. The number of rotatable bonds is 3. The van der Waals surface area contributed by atoms with E-state index in [2.05, 4.69) is 5.32 Å². The van der Waals surface area contributed by atoms with Gasteiger partial charge in [-0.25, -0.2) is 19.6 Å². The first-order valence-electron chi connectivity index (χ1n) is 15.5. The van der Waals surface area contributed by atoms with Gasteiger partial charge in [0.1, 0.15) is 35.7 Å². The van der Waals surface area contributed by atoms with Crippen molar-refractivity contribution in [3.63, 3.8) is 0 Å². The standard InChI is InChI=1S/C32H42N4O7/c1-32(2,3)27-29(37)36-16-24(25(17-10-11-17)26(36)30(38)39)42-28-21(33-20-13-12-19(41-4)15-22(20)34-28)9-7-5-6-8-18-14-23(18)43-31(40)35-27/h12-13,15,17-18,23-27H,5-11,14,16H2,1-4H3,(H,35,40)(H,38,39)/t18-,23-,24+,25-,26+,27-/m1/s1. The molecule has 232 valence electrons. The van der Waals surface area contributed by atoms with Crippen LogP contribution < -0.4 is 14.8 Å². The Hall–Kier alpha value is -3.63. The molecule has 43 heavy (non-hydrogen) atoms. The Balaban J connectivity index is 1.39. The van der Waals surface area contributed by atoms with Gasteiger partial charge >= 0.3 is 12.1 Å². The first-order chi connectivity index (χ1) is 20.5. The monoisotopic (exact) mass is 594 g/mol. The third kappa shape index (κ3) is 6.21. The predicted octanol–water partition coefficient (Wildman–Crippen LogP) is 4.35. The number of fused-ring (bicyclic) bond motifs is 5. The number of nitrogens with zero attached hydrogens (tertiary/aromatic N) is 3. The summed E-state index contributed by atoms with van der Waals surface area (Å²) in [5, 5.41) is 13.3. The van der Waals surface area contributed by atoms with Crippen LogP contribution in [0.3, 0.4) is 0 Å². The molecule has 6 rings (SSSR count). The van der Waals surface area contributed by atoms with Crippen LogP contribution in [0.15, 0.2) is 18.2 Å². The number of ether oxygens (including phenoxy) is 3. The second-order valence-electron chi connectivity index (χ2n) is 13.7. The highest BCUT2D eigenvalue weighted by Gasteiger charge is 2.56. The van der Waals surface area contributed by atoms with E-state index in [1.54, 1.807) is 7.11 Å². The maximum atomic E-state index is 14.2. The van der Waals surface area contributed by atoms with Crippen LogP contribution in [0.2, 0.25) is 0 Å². The van der Waals surface area contributed by atoms with E-state index in [1.165, 1.54) is 4.90 Å². The number of nitrogens with one attached hydrogen (secondary N) is 1. The fraction of sp³-hybridized carbons (Fsp3) is 0.656. The summed E-state index contributed by atoms with van der Waals surface area (Å²) in [7, 11) is 1.60. The number of aromatic nitrogens is 2. The molecule has 11 heteroatoms. The van der Waals surface area contributed by atoms with Gasteiger partial charge in [-0.05, 0) is 67.9 Å². The average molecular weight is 595 g/mol. The van der Waals surface area contributed by atoms with E-state index >= 15 is 0 Å². The number of aryl methyl sites for hydroxylation is 1. The van der Waals surface area contributed by atoms with E-state index < -0.39 is 47.5 Å². The molecule has 1 aromatic carbocycles.